The molecule has 0 heterocycles. The molecule has 3 heteroatoms. The largest absolute Gasteiger partial charge is 0.383 e. The van der Waals surface area contributed by atoms with Crippen LogP contribution in [-0.2, 0) is 4.79 Å². The van der Waals surface area contributed by atoms with Crippen molar-refractivity contribution in [3.05, 3.63) is 0 Å². The van der Waals surface area contributed by atoms with Gasteiger partial charge in [0.05, 0.1) is 0 Å². The maximum atomic E-state index is 11.4. The first-order chi connectivity index (χ1) is 5.54. The van der Waals surface area contributed by atoms with Crippen molar-refractivity contribution in [2.24, 2.45) is 5.41 Å². The summed E-state index contributed by atoms with van der Waals surface area (Å²) in [6.07, 6.45) is -0.952. The summed E-state index contributed by atoms with van der Waals surface area (Å²) in [5.41, 5.74) is -0.696. The van der Waals surface area contributed by atoms with Crippen molar-refractivity contribution in [2.75, 3.05) is 0 Å². The lowest BCUT2D eigenvalue weighted by Crippen LogP contribution is -2.49. The number of hydrogen-bond donors (Lipinski definition) is 2. The molecule has 0 saturated heterocycles. The van der Waals surface area contributed by atoms with Gasteiger partial charge in [-0.05, 0) is 26.2 Å². The Morgan fingerprint density at radius 2 is 1.54 bits per heavy atom. The van der Waals surface area contributed by atoms with E-state index in [0.29, 0.717) is 0 Å². The number of amides is 1. The molecule has 0 bridgehead atoms. The fourth-order valence-corrected chi connectivity index (χ4v) is 0.831. The average Bonchev–Trinajstić information content (AvgIpc) is 1.79. The van der Waals surface area contributed by atoms with Crippen molar-refractivity contribution in [1.82, 2.24) is 5.32 Å². The van der Waals surface area contributed by atoms with E-state index >= 15 is 0 Å². The van der Waals surface area contributed by atoms with Crippen molar-refractivity contribution in [2.45, 2.75) is 53.2 Å². The molecule has 0 aliphatic rings. The van der Waals surface area contributed by atoms with Gasteiger partial charge in [-0.1, -0.05) is 20.8 Å². The fourth-order valence-electron chi connectivity index (χ4n) is 0.831. The minimum absolute atomic E-state index is 0.288. The zero-order chi connectivity index (χ0) is 10.9. The quantitative estimate of drug-likeness (QED) is 0.650. The molecule has 1 amide bonds. The van der Waals surface area contributed by atoms with Gasteiger partial charge in [-0.15, -0.1) is 0 Å². The van der Waals surface area contributed by atoms with Crippen molar-refractivity contribution in [1.29, 1.82) is 0 Å². The van der Waals surface area contributed by atoms with Crippen molar-refractivity contribution < 1.29 is 9.90 Å². The Bertz CT molecular complexity index is 186. The summed E-state index contributed by atoms with van der Waals surface area (Å²) in [5, 5.41) is 12.3. The molecule has 0 unspecified atom stereocenters. The van der Waals surface area contributed by atoms with Gasteiger partial charge in [0.2, 0.25) is 5.91 Å². The first-order valence-corrected chi connectivity index (χ1v) is 4.54. The number of aliphatic hydroxyl groups excluding tert-OH is 1. The monoisotopic (exact) mass is 187 g/mol. The normalized spacial score (nSPS) is 15.3. The van der Waals surface area contributed by atoms with E-state index in [1.165, 1.54) is 0 Å². The molecule has 0 aliphatic carbocycles. The first kappa shape index (κ1) is 12.4. The molecule has 0 saturated carbocycles. The van der Waals surface area contributed by atoms with E-state index in [-0.39, 0.29) is 11.4 Å². The number of hydrogen-bond acceptors (Lipinski definition) is 2. The molecule has 0 aromatic rings. The molecular weight excluding hydrogens is 166 g/mol. The van der Waals surface area contributed by atoms with Gasteiger partial charge in [-0.2, -0.15) is 0 Å². The van der Waals surface area contributed by atoms with Crippen molar-refractivity contribution in [3.63, 3.8) is 0 Å². The predicted molar refractivity (Wildman–Crippen MR) is 53.4 cm³/mol. The summed E-state index contributed by atoms with van der Waals surface area (Å²) in [4.78, 5) is 11.4. The Labute approximate surface area is 80.5 Å². The van der Waals surface area contributed by atoms with E-state index in [1.807, 2.05) is 41.5 Å². The topological polar surface area (TPSA) is 49.3 Å². The highest BCUT2D eigenvalue weighted by Gasteiger charge is 2.30. The highest BCUT2D eigenvalue weighted by atomic mass is 16.3. The molecule has 0 rings (SSSR count). The summed E-state index contributed by atoms with van der Waals surface area (Å²) >= 11 is 0. The van der Waals surface area contributed by atoms with E-state index < -0.39 is 11.5 Å². The fraction of sp³-hybridized carbons (Fsp3) is 0.900. The first-order valence-electron chi connectivity index (χ1n) is 4.54. The molecule has 0 aromatic carbocycles. The van der Waals surface area contributed by atoms with Gasteiger partial charge >= 0.3 is 0 Å². The second-order valence-corrected chi connectivity index (χ2v) is 5.51. The second-order valence-electron chi connectivity index (χ2n) is 5.51. The number of carbonyl (C=O) groups is 1. The highest BCUT2D eigenvalue weighted by molar-refractivity contribution is 5.81. The Hall–Kier alpha value is -0.570. The summed E-state index contributed by atoms with van der Waals surface area (Å²) in [6, 6.07) is 0. The van der Waals surface area contributed by atoms with Crippen LogP contribution in [0.5, 0.6) is 0 Å². The highest BCUT2D eigenvalue weighted by Crippen LogP contribution is 2.19. The molecule has 2 N–H and O–H groups in total. The minimum Gasteiger partial charge on any atom is -0.383 e. The molecule has 3 nitrogen and oxygen atoms in total. The van der Waals surface area contributed by atoms with Crippen LogP contribution in [0.25, 0.3) is 0 Å². The second kappa shape index (κ2) is 3.66. The summed E-state index contributed by atoms with van der Waals surface area (Å²) in [5.74, 6) is -0.306. The Morgan fingerprint density at radius 3 is 1.77 bits per heavy atom. The Kier molecular flexibility index (Phi) is 3.50. The molecule has 0 aliphatic heterocycles. The maximum absolute atomic E-state index is 11.4. The molecule has 0 spiro atoms. The van der Waals surface area contributed by atoms with Crippen LogP contribution < -0.4 is 5.32 Å². The molecule has 0 radical (unpaired) electrons. The average molecular weight is 187 g/mol. The van der Waals surface area contributed by atoms with Gasteiger partial charge in [0.15, 0.2) is 0 Å². The Balaban J connectivity index is 4.30. The lowest BCUT2D eigenvalue weighted by atomic mass is 9.88. The van der Waals surface area contributed by atoms with Crippen LogP contribution in [0.4, 0.5) is 0 Å². The van der Waals surface area contributed by atoms with Crippen LogP contribution in [0, 0.1) is 5.41 Å². The van der Waals surface area contributed by atoms with Gasteiger partial charge in [-0.25, -0.2) is 0 Å². The van der Waals surface area contributed by atoms with E-state index in [1.54, 1.807) is 0 Å². The summed E-state index contributed by atoms with van der Waals surface area (Å²) in [7, 11) is 0. The third-order valence-electron chi connectivity index (χ3n) is 1.57. The number of nitrogens with one attached hydrogen (secondary N) is 1. The number of aliphatic hydroxyl groups is 1. The van der Waals surface area contributed by atoms with Gasteiger partial charge in [-0.3, -0.25) is 4.79 Å². The molecule has 1 atom stereocenters. The molecule has 13 heavy (non-hydrogen) atoms. The van der Waals surface area contributed by atoms with E-state index in [2.05, 4.69) is 5.32 Å². The van der Waals surface area contributed by atoms with Gasteiger partial charge in [0.1, 0.15) is 6.10 Å². The molecule has 0 fully saturated rings. The van der Waals surface area contributed by atoms with Crippen LogP contribution in [0.1, 0.15) is 41.5 Å². The SMILES string of the molecule is CC(C)(C)NC(=O)[C@H](O)C(C)(C)C. The van der Waals surface area contributed by atoms with Crippen LogP contribution in [0.15, 0.2) is 0 Å². The molecular formula is C10H21NO2. The van der Waals surface area contributed by atoms with Crippen LogP contribution in [-0.4, -0.2) is 22.7 Å². The van der Waals surface area contributed by atoms with Crippen LogP contribution in [0.3, 0.4) is 0 Å². The van der Waals surface area contributed by atoms with E-state index in [0.717, 1.165) is 0 Å². The van der Waals surface area contributed by atoms with Gasteiger partial charge in [0, 0.05) is 5.54 Å². The third-order valence-corrected chi connectivity index (χ3v) is 1.57. The maximum Gasteiger partial charge on any atom is 0.249 e. The van der Waals surface area contributed by atoms with Crippen molar-refractivity contribution in [3.8, 4) is 0 Å². The summed E-state index contributed by atoms with van der Waals surface area (Å²) in [6.45, 7) is 11.2. The number of carbonyl (C=O) groups excluding carboxylic acids is 1. The van der Waals surface area contributed by atoms with Crippen LogP contribution in [0.2, 0.25) is 0 Å². The number of rotatable bonds is 1. The standard InChI is InChI=1S/C10H21NO2/c1-9(2,3)7(12)8(13)11-10(4,5)6/h7,12H,1-6H3,(H,11,13)/t7-/m0/s1. The summed E-state index contributed by atoms with van der Waals surface area (Å²) < 4.78 is 0. The predicted octanol–water partition coefficient (Wildman–Crippen LogP) is 1.31. The molecule has 78 valence electrons. The van der Waals surface area contributed by atoms with Crippen LogP contribution >= 0.6 is 0 Å². The van der Waals surface area contributed by atoms with Gasteiger partial charge < -0.3 is 10.4 Å². The zero-order valence-electron chi connectivity index (χ0n) is 9.43. The third kappa shape index (κ3) is 4.88. The molecule has 0 aromatic heterocycles. The van der Waals surface area contributed by atoms with Gasteiger partial charge in [0.25, 0.3) is 0 Å². The van der Waals surface area contributed by atoms with Crippen molar-refractivity contribution >= 4 is 5.91 Å². The smallest absolute Gasteiger partial charge is 0.249 e. The minimum atomic E-state index is -0.952. The zero-order valence-corrected chi connectivity index (χ0v) is 9.43. The lowest BCUT2D eigenvalue weighted by Gasteiger charge is -2.29. The lowest BCUT2D eigenvalue weighted by molar-refractivity contribution is -0.136. The van der Waals surface area contributed by atoms with E-state index in [9.17, 15) is 9.90 Å². The Morgan fingerprint density at radius 1 is 1.15 bits per heavy atom. The van der Waals surface area contributed by atoms with E-state index in [4.69, 9.17) is 0 Å².